The molecule has 0 aliphatic rings. The van der Waals surface area contributed by atoms with E-state index in [9.17, 15) is 0 Å². The van der Waals surface area contributed by atoms with Crippen LogP contribution >= 0.6 is 0 Å². The zero-order valence-corrected chi connectivity index (χ0v) is 11.9. The lowest BCUT2D eigenvalue weighted by Gasteiger charge is -2.05. The molecule has 0 aliphatic heterocycles. The molecule has 0 saturated heterocycles. The maximum atomic E-state index is 3.83. The van der Waals surface area contributed by atoms with E-state index in [-0.39, 0.29) is 0 Å². The van der Waals surface area contributed by atoms with Crippen molar-refractivity contribution < 1.29 is 0 Å². The molecule has 2 nitrogen and oxygen atoms in total. The van der Waals surface area contributed by atoms with E-state index in [1.807, 2.05) is 0 Å². The second-order valence-electron chi connectivity index (χ2n) is 4.83. The summed E-state index contributed by atoms with van der Waals surface area (Å²) in [7, 11) is 0. The van der Waals surface area contributed by atoms with Crippen LogP contribution in [0.3, 0.4) is 0 Å². The van der Waals surface area contributed by atoms with Crippen molar-refractivity contribution in [2.24, 2.45) is 0 Å². The standard InChI is InChI=1S/C15H33N2/c1-3-5-7-9-13-17-15-11-8-10-14-16-12-6-4-2/h16-17H,2-15H2,1H3. The maximum Gasteiger partial charge on any atom is -0.00489 e. The van der Waals surface area contributed by atoms with Gasteiger partial charge in [0.05, 0.1) is 0 Å². The summed E-state index contributed by atoms with van der Waals surface area (Å²) in [4.78, 5) is 0. The van der Waals surface area contributed by atoms with Crippen LogP contribution in [0.15, 0.2) is 0 Å². The van der Waals surface area contributed by atoms with Gasteiger partial charge in [0.2, 0.25) is 0 Å². The Balaban J connectivity index is 2.85. The lowest BCUT2D eigenvalue weighted by molar-refractivity contribution is 0.550. The number of rotatable bonds is 14. The molecule has 0 spiro atoms. The summed E-state index contributed by atoms with van der Waals surface area (Å²) < 4.78 is 0. The van der Waals surface area contributed by atoms with Crippen LogP contribution in [0.2, 0.25) is 0 Å². The van der Waals surface area contributed by atoms with Crippen molar-refractivity contribution in [1.82, 2.24) is 10.6 Å². The van der Waals surface area contributed by atoms with Gasteiger partial charge in [-0.1, -0.05) is 46.0 Å². The van der Waals surface area contributed by atoms with E-state index >= 15 is 0 Å². The largest absolute Gasteiger partial charge is 0.317 e. The van der Waals surface area contributed by atoms with E-state index in [0.29, 0.717) is 0 Å². The molecule has 2 N–H and O–H groups in total. The van der Waals surface area contributed by atoms with Gasteiger partial charge in [-0.05, 0) is 51.9 Å². The molecule has 0 fully saturated rings. The zero-order valence-electron chi connectivity index (χ0n) is 11.9. The lowest BCUT2D eigenvalue weighted by Crippen LogP contribution is -2.18. The number of unbranched alkanes of at least 4 members (excludes halogenated alkanes) is 6. The molecule has 17 heavy (non-hydrogen) atoms. The average molecular weight is 241 g/mol. The minimum absolute atomic E-state index is 1.05. The summed E-state index contributed by atoms with van der Waals surface area (Å²) in [5.41, 5.74) is 0. The van der Waals surface area contributed by atoms with Gasteiger partial charge in [0.25, 0.3) is 0 Å². The number of hydrogen-bond acceptors (Lipinski definition) is 2. The summed E-state index contributed by atoms with van der Waals surface area (Å²) in [6, 6.07) is 0. The van der Waals surface area contributed by atoms with Gasteiger partial charge in [0.1, 0.15) is 0 Å². The molecule has 0 amide bonds. The third kappa shape index (κ3) is 15.9. The third-order valence-corrected chi connectivity index (χ3v) is 3.02. The van der Waals surface area contributed by atoms with Crippen molar-refractivity contribution in [2.45, 2.75) is 64.7 Å². The molecule has 2 heteroatoms. The zero-order chi connectivity index (χ0) is 12.6. The van der Waals surface area contributed by atoms with E-state index in [4.69, 9.17) is 0 Å². The smallest absolute Gasteiger partial charge is 0.00489 e. The molecular weight excluding hydrogens is 208 g/mol. The maximum absolute atomic E-state index is 3.83. The first kappa shape index (κ1) is 16.9. The van der Waals surface area contributed by atoms with Crippen LogP contribution in [0.1, 0.15) is 64.7 Å². The van der Waals surface area contributed by atoms with Gasteiger partial charge >= 0.3 is 0 Å². The van der Waals surface area contributed by atoms with Crippen LogP contribution in [0, 0.1) is 6.92 Å². The highest BCUT2D eigenvalue weighted by Crippen LogP contribution is 1.97. The first-order valence-corrected chi connectivity index (χ1v) is 7.62. The predicted octanol–water partition coefficient (Wildman–Crippen LogP) is 3.53. The Labute approximate surface area is 109 Å². The summed E-state index contributed by atoms with van der Waals surface area (Å²) in [6.07, 6.45) is 11.7. The Morgan fingerprint density at radius 2 is 1.12 bits per heavy atom. The van der Waals surface area contributed by atoms with E-state index in [0.717, 1.165) is 13.0 Å². The molecule has 0 rings (SSSR count). The van der Waals surface area contributed by atoms with Crippen molar-refractivity contribution in [2.75, 3.05) is 26.2 Å². The van der Waals surface area contributed by atoms with Gasteiger partial charge in [0.15, 0.2) is 0 Å². The Hall–Kier alpha value is -0.0800. The van der Waals surface area contributed by atoms with Crippen molar-refractivity contribution in [1.29, 1.82) is 0 Å². The molecule has 0 heterocycles. The second-order valence-corrected chi connectivity index (χ2v) is 4.83. The summed E-state index contributed by atoms with van der Waals surface area (Å²) in [5, 5.41) is 6.98. The van der Waals surface area contributed by atoms with Crippen LogP contribution < -0.4 is 10.6 Å². The fourth-order valence-electron chi connectivity index (χ4n) is 1.85. The Kier molecular flexibility index (Phi) is 15.8. The van der Waals surface area contributed by atoms with E-state index < -0.39 is 0 Å². The molecule has 0 bridgehead atoms. The molecule has 0 aromatic rings. The minimum Gasteiger partial charge on any atom is -0.317 e. The van der Waals surface area contributed by atoms with Crippen LogP contribution in [-0.2, 0) is 0 Å². The quantitative estimate of drug-likeness (QED) is 0.455. The van der Waals surface area contributed by atoms with Gasteiger partial charge in [-0.3, -0.25) is 0 Å². The molecule has 0 atom stereocenters. The third-order valence-electron chi connectivity index (χ3n) is 3.02. The van der Waals surface area contributed by atoms with Gasteiger partial charge < -0.3 is 10.6 Å². The van der Waals surface area contributed by atoms with E-state index in [1.165, 1.54) is 71.0 Å². The van der Waals surface area contributed by atoms with E-state index in [2.05, 4.69) is 24.5 Å². The van der Waals surface area contributed by atoms with Crippen molar-refractivity contribution in [3.05, 3.63) is 6.92 Å². The van der Waals surface area contributed by atoms with Gasteiger partial charge in [-0.15, -0.1) is 0 Å². The van der Waals surface area contributed by atoms with Crippen molar-refractivity contribution in [3.63, 3.8) is 0 Å². The van der Waals surface area contributed by atoms with Crippen LogP contribution in [0.25, 0.3) is 0 Å². The molecular formula is C15H33N2. The average Bonchev–Trinajstić information content (AvgIpc) is 2.35. The molecule has 103 valence electrons. The van der Waals surface area contributed by atoms with Crippen LogP contribution in [-0.4, -0.2) is 26.2 Å². The number of hydrogen-bond donors (Lipinski definition) is 2. The fourth-order valence-corrected chi connectivity index (χ4v) is 1.85. The first-order valence-electron chi connectivity index (χ1n) is 7.62. The molecule has 0 unspecified atom stereocenters. The second kappa shape index (κ2) is 15.9. The summed E-state index contributed by atoms with van der Waals surface area (Å²) in [6.45, 7) is 10.8. The van der Waals surface area contributed by atoms with Crippen molar-refractivity contribution >= 4 is 0 Å². The molecule has 0 aliphatic carbocycles. The Morgan fingerprint density at radius 1 is 0.647 bits per heavy atom. The fraction of sp³-hybridized carbons (Fsp3) is 0.933. The van der Waals surface area contributed by atoms with Gasteiger partial charge in [-0.25, -0.2) is 0 Å². The monoisotopic (exact) mass is 241 g/mol. The van der Waals surface area contributed by atoms with Crippen LogP contribution in [0.4, 0.5) is 0 Å². The molecule has 0 aromatic heterocycles. The van der Waals surface area contributed by atoms with Gasteiger partial charge in [0, 0.05) is 0 Å². The topological polar surface area (TPSA) is 24.1 Å². The first-order chi connectivity index (χ1) is 8.41. The van der Waals surface area contributed by atoms with E-state index in [1.54, 1.807) is 0 Å². The van der Waals surface area contributed by atoms with Gasteiger partial charge in [-0.2, -0.15) is 0 Å². The minimum atomic E-state index is 1.05. The summed E-state index contributed by atoms with van der Waals surface area (Å²) in [5.74, 6) is 0. The SMILES string of the molecule is [CH2]CCCNCCCCCNCCCCCC. The Bertz CT molecular complexity index is 112. The predicted molar refractivity (Wildman–Crippen MR) is 78.3 cm³/mol. The van der Waals surface area contributed by atoms with Crippen LogP contribution in [0.5, 0.6) is 0 Å². The molecule has 0 saturated carbocycles. The number of nitrogens with one attached hydrogen (secondary N) is 2. The normalized spacial score (nSPS) is 10.9. The highest BCUT2D eigenvalue weighted by molar-refractivity contribution is 4.53. The lowest BCUT2D eigenvalue weighted by atomic mass is 10.2. The molecule has 0 aromatic carbocycles. The highest BCUT2D eigenvalue weighted by Gasteiger charge is 1.91. The summed E-state index contributed by atoms with van der Waals surface area (Å²) >= 11 is 0. The Morgan fingerprint density at radius 3 is 1.59 bits per heavy atom. The highest BCUT2D eigenvalue weighted by atomic mass is 14.8. The molecule has 1 radical (unpaired) electrons. The van der Waals surface area contributed by atoms with Crippen molar-refractivity contribution in [3.8, 4) is 0 Å².